The molecule has 2 heterocycles. The molecule has 2 aliphatic rings. The molecule has 4 aromatic rings. The van der Waals surface area contributed by atoms with Crippen molar-refractivity contribution in [3.8, 4) is 0 Å². The van der Waals surface area contributed by atoms with E-state index in [1.807, 2.05) is 121 Å². The summed E-state index contributed by atoms with van der Waals surface area (Å²) >= 11 is -1.62. The van der Waals surface area contributed by atoms with Crippen LogP contribution in [-0.4, -0.2) is 64.0 Å². The summed E-state index contributed by atoms with van der Waals surface area (Å²) in [6.45, 7) is 1.20. The number of benzene rings is 4. The molecule has 0 radical (unpaired) electrons. The van der Waals surface area contributed by atoms with Crippen LogP contribution in [0.3, 0.4) is 0 Å². The van der Waals surface area contributed by atoms with Crippen LogP contribution in [0.1, 0.15) is 28.5 Å². The fourth-order valence-corrected chi connectivity index (χ4v) is 12.0. The Bertz CT molecular complexity index is 1580. The van der Waals surface area contributed by atoms with Gasteiger partial charge in [0.2, 0.25) is 0 Å². The van der Waals surface area contributed by atoms with Gasteiger partial charge in [-0.3, -0.25) is 0 Å². The fraction of sp³-hybridized carbons (Fsp3) is 0.351. The van der Waals surface area contributed by atoms with E-state index in [2.05, 4.69) is 0 Å². The van der Waals surface area contributed by atoms with E-state index in [1.54, 1.807) is 0 Å². The molecule has 0 amide bonds. The van der Waals surface area contributed by atoms with Crippen molar-refractivity contribution < 1.29 is 40.8 Å². The van der Waals surface area contributed by atoms with Crippen LogP contribution in [0.25, 0.3) is 0 Å². The van der Waals surface area contributed by atoms with Crippen molar-refractivity contribution in [3.63, 3.8) is 0 Å². The van der Waals surface area contributed by atoms with E-state index in [0.717, 1.165) is 32.9 Å². The Hall–Kier alpha value is -2.93. The van der Waals surface area contributed by atoms with Gasteiger partial charge in [0.1, 0.15) is 0 Å². The van der Waals surface area contributed by atoms with E-state index in [-0.39, 0.29) is 24.9 Å². The first-order valence-electron chi connectivity index (χ1n) is 16.0. The molecule has 0 bridgehead atoms. The third kappa shape index (κ3) is 10.3. The summed E-state index contributed by atoms with van der Waals surface area (Å²) in [6, 6.07) is 39.6. The molecule has 0 saturated carbocycles. The van der Waals surface area contributed by atoms with Crippen molar-refractivity contribution in [1.29, 1.82) is 0 Å². The summed E-state index contributed by atoms with van der Waals surface area (Å²) < 4.78 is 70.6. The van der Waals surface area contributed by atoms with E-state index in [9.17, 15) is 13.0 Å². The van der Waals surface area contributed by atoms with Gasteiger partial charge in [-0.1, -0.05) is 0 Å². The third-order valence-electron chi connectivity index (χ3n) is 8.27. The van der Waals surface area contributed by atoms with Gasteiger partial charge < -0.3 is 0 Å². The van der Waals surface area contributed by atoms with Gasteiger partial charge in [-0.05, 0) is 0 Å². The summed E-state index contributed by atoms with van der Waals surface area (Å²) in [5.74, 6) is 0. The van der Waals surface area contributed by atoms with Gasteiger partial charge in [0.25, 0.3) is 0 Å². The predicted molar refractivity (Wildman–Crippen MR) is 182 cm³/mol. The first-order chi connectivity index (χ1) is 23.4. The van der Waals surface area contributed by atoms with Gasteiger partial charge in [-0.25, -0.2) is 0 Å². The van der Waals surface area contributed by atoms with Crippen molar-refractivity contribution >= 4 is 24.3 Å². The van der Waals surface area contributed by atoms with Crippen molar-refractivity contribution in [1.82, 2.24) is 0 Å². The SMILES string of the molecule is O=S(=O)(O)O[C@H]1COC(c2ccccc2)O[C@@H]1C[Se+]1C[C@H](OCc2ccccc2)C(OCc2ccccc2)[C@H](OCc2ccccc2)C1. The average Bonchev–Trinajstić information content (AvgIpc) is 3.11. The van der Waals surface area contributed by atoms with Crippen LogP contribution in [0.4, 0.5) is 0 Å². The molecular weight excluding hydrogens is 699 g/mol. The minimum absolute atomic E-state index is 0.0480. The summed E-state index contributed by atoms with van der Waals surface area (Å²) in [4.78, 5) is 0. The summed E-state index contributed by atoms with van der Waals surface area (Å²) in [7, 11) is -4.74. The third-order valence-corrected chi connectivity index (χ3v) is 13.8. The van der Waals surface area contributed by atoms with Crippen LogP contribution in [0.5, 0.6) is 0 Å². The Balaban J connectivity index is 1.25. The zero-order chi connectivity index (χ0) is 33.2. The second-order valence-corrected chi connectivity index (χ2v) is 17.6. The van der Waals surface area contributed by atoms with Gasteiger partial charge in [0, 0.05) is 0 Å². The van der Waals surface area contributed by atoms with Gasteiger partial charge in [0.15, 0.2) is 0 Å². The van der Waals surface area contributed by atoms with Crippen LogP contribution in [-0.2, 0) is 58.1 Å². The Morgan fingerprint density at radius 3 is 1.58 bits per heavy atom. The molecule has 2 fully saturated rings. The molecule has 6 rings (SSSR count). The maximum atomic E-state index is 11.8. The summed E-state index contributed by atoms with van der Waals surface area (Å²) in [6.07, 6.45) is -3.22. The molecule has 0 spiro atoms. The molecule has 0 aromatic heterocycles. The van der Waals surface area contributed by atoms with Gasteiger partial charge in [-0.15, -0.1) is 0 Å². The van der Waals surface area contributed by atoms with Gasteiger partial charge in [0.05, 0.1) is 0 Å². The van der Waals surface area contributed by atoms with Crippen LogP contribution >= 0.6 is 0 Å². The molecule has 4 aromatic carbocycles. The van der Waals surface area contributed by atoms with Crippen molar-refractivity contribution in [2.24, 2.45) is 0 Å². The Kier molecular flexibility index (Phi) is 12.5. The van der Waals surface area contributed by atoms with E-state index in [1.165, 1.54) is 0 Å². The first kappa shape index (κ1) is 34.9. The molecule has 254 valence electrons. The molecule has 0 aliphatic carbocycles. The summed E-state index contributed by atoms with van der Waals surface area (Å²) in [5, 5.41) is 2.04. The molecule has 2 aliphatic heterocycles. The maximum absolute atomic E-state index is 11.8. The molecular formula is C37H41O9SSe+. The fourth-order valence-electron chi connectivity index (χ4n) is 5.91. The van der Waals surface area contributed by atoms with Crippen molar-refractivity contribution in [2.75, 3.05) is 6.61 Å². The van der Waals surface area contributed by atoms with Crippen LogP contribution in [0, 0.1) is 0 Å². The molecule has 9 nitrogen and oxygen atoms in total. The number of rotatable bonds is 14. The molecule has 3 unspecified atom stereocenters. The molecule has 2 saturated heterocycles. The standard InChI is InChI=1S/C37H40O9SSe/c38-47(39,40)46-32-24-44-37(31-19-11-4-12-20-31)45-33(32)25-48-26-34(41-21-28-13-5-1-6-14-28)36(43-23-30-17-9-3-10-18-30)35(27-48)42-22-29-15-7-2-8-16-29/h1-20,32-37H,21-27H2/p+1/t32-,33+,34-,35+,36?,37?,48?/m0/s1. The van der Waals surface area contributed by atoms with Crippen LogP contribution in [0.2, 0.25) is 16.0 Å². The average molecular weight is 741 g/mol. The number of hydrogen-bond acceptors (Lipinski definition) is 8. The number of hydrogen-bond donors (Lipinski definition) is 1. The quantitative estimate of drug-likeness (QED) is 0.114. The van der Waals surface area contributed by atoms with E-state index in [0.29, 0.717) is 25.1 Å². The Morgan fingerprint density at radius 1 is 0.646 bits per heavy atom. The van der Waals surface area contributed by atoms with Gasteiger partial charge >= 0.3 is 288 Å². The predicted octanol–water partition coefficient (Wildman–Crippen LogP) is 6.55. The first-order valence-corrected chi connectivity index (χ1v) is 21.0. The van der Waals surface area contributed by atoms with E-state index in [4.69, 9.17) is 27.9 Å². The monoisotopic (exact) mass is 741 g/mol. The normalized spacial score (nSPS) is 26.2. The second-order valence-electron chi connectivity index (χ2n) is 11.9. The van der Waals surface area contributed by atoms with Crippen LogP contribution < -0.4 is 0 Å². The van der Waals surface area contributed by atoms with Crippen LogP contribution in [0.15, 0.2) is 121 Å². The van der Waals surface area contributed by atoms with E-state index >= 15 is 0 Å². The second kappa shape index (κ2) is 17.1. The molecule has 11 heteroatoms. The minimum atomic E-state index is -4.74. The van der Waals surface area contributed by atoms with E-state index < -0.39 is 42.8 Å². The van der Waals surface area contributed by atoms with Crippen molar-refractivity contribution in [2.45, 2.75) is 72.6 Å². The topological polar surface area (TPSA) is 110 Å². The zero-order valence-corrected chi connectivity index (χ0v) is 29.0. The molecule has 48 heavy (non-hydrogen) atoms. The Morgan fingerprint density at radius 2 is 1.10 bits per heavy atom. The van der Waals surface area contributed by atoms with Crippen molar-refractivity contribution in [3.05, 3.63) is 144 Å². The molecule has 7 atom stereocenters. The zero-order valence-electron chi connectivity index (χ0n) is 26.5. The Labute approximate surface area is 286 Å². The summed E-state index contributed by atoms with van der Waals surface area (Å²) in [5.41, 5.74) is 4.00. The molecule has 1 N–H and O–H groups in total. The van der Waals surface area contributed by atoms with Gasteiger partial charge in [-0.2, -0.15) is 0 Å². The number of ether oxygens (including phenoxy) is 5.